The summed E-state index contributed by atoms with van der Waals surface area (Å²) in [6.45, 7) is 5.02. The summed E-state index contributed by atoms with van der Waals surface area (Å²) >= 11 is 0. The quantitative estimate of drug-likeness (QED) is 0.607. The van der Waals surface area contributed by atoms with Crippen LogP contribution in [0.3, 0.4) is 0 Å². The fourth-order valence-corrected chi connectivity index (χ4v) is 3.46. The summed E-state index contributed by atoms with van der Waals surface area (Å²) in [6, 6.07) is 10.6. The lowest BCUT2D eigenvalue weighted by atomic mass is 10.2. The first kappa shape index (κ1) is 20.6. The summed E-state index contributed by atoms with van der Waals surface area (Å²) in [5.41, 5.74) is 2.62. The molecule has 8 nitrogen and oxygen atoms in total. The summed E-state index contributed by atoms with van der Waals surface area (Å²) in [7, 11) is 0. The molecule has 1 N–H and O–H groups in total. The maximum Gasteiger partial charge on any atom is 0.340 e. The predicted molar refractivity (Wildman–Crippen MR) is 113 cm³/mol. The second-order valence-electron chi connectivity index (χ2n) is 7.29. The zero-order chi connectivity index (χ0) is 21.8. The molecule has 0 fully saturated rings. The van der Waals surface area contributed by atoms with Gasteiger partial charge < -0.3 is 28.5 Å². The van der Waals surface area contributed by atoms with Crippen molar-refractivity contribution >= 4 is 17.6 Å². The molecule has 1 aromatic carbocycles. The molecule has 0 radical (unpaired) electrons. The standard InChI is InChI=1S/C23H24N2O6/c1-15-11-19(16(2)25(15)13-18-5-3-8-28-18)23(27)31-14-22(26)24-17-6-7-20-21(12-17)30-10-4-9-29-20/h3,5-8,11-12H,4,9-10,13-14H2,1-2H3,(H,24,26). The normalized spacial score (nSPS) is 12.8. The van der Waals surface area contributed by atoms with E-state index in [2.05, 4.69) is 5.32 Å². The molecule has 0 aliphatic carbocycles. The number of aromatic nitrogens is 1. The predicted octanol–water partition coefficient (Wildman–Crippen LogP) is 3.70. The molecular formula is C23H24N2O6. The highest BCUT2D eigenvalue weighted by Crippen LogP contribution is 2.32. The Morgan fingerprint density at radius 3 is 2.68 bits per heavy atom. The molecule has 0 saturated carbocycles. The highest BCUT2D eigenvalue weighted by Gasteiger charge is 2.19. The van der Waals surface area contributed by atoms with Crippen molar-refractivity contribution in [2.24, 2.45) is 0 Å². The second-order valence-corrected chi connectivity index (χ2v) is 7.29. The van der Waals surface area contributed by atoms with Crippen LogP contribution in [-0.4, -0.2) is 36.3 Å². The van der Waals surface area contributed by atoms with Gasteiger partial charge in [0, 0.05) is 29.6 Å². The fourth-order valence-electron chi connectivity index (χ4n) is 3.46. The third kappa shape index (κ3) is 4.74. The Morgan fingerprint density at radius 2 is 1.90 bits per heavy atom. The summed E-state index contributed by atoms with van der Waals surface area (Å²) in [5, 5.41) is 2.71. The van der Waals surface area contributed by atoms with Crippen molar-refractivity contribution in [1.82, 2.24) is 4.57 Å². The number of rotatable bonds is 6. The third-order valence-electron chi connectivity index (χ3n) is 5.05. The zero-order valence-corrected chi connectivity index (χ0v) is 17.5. The van der Waals surface area contributed by atoms with E-state index in [0.717, 1.165) is 23.6 Å². The van der Waals surface area contributed by atoms with Gasteiger partial charge in [-0.1, -0.05) is 0 Å². The van der Waals surface area contributed by atoms with E-state index < -0.39 is 18.5 Å². The van der Waals surface area contributed by atoms with Gasteiger partial charge in [0.2, 0.25) is 0 Å². The van der Waals surface area contributed by atoms with Crippen LogP contribution in [-0.2, 0) is 16.1 Å². The van der Waals surface area contributed by atoms with E-state index in [1.54, 1.807) is 30.5 Å². The van der Waals surface area contributed by atoms with Crippen molar-refractivity contribution in [1.29, 1.82) is 0 Å². The lowest BCUT2D eigenvalue weighted by molar-refractivity contribution is -0.119. The summed E-state index contributed by atoms with van der Waals surface area (Å²) in [5.74, 6) is 1.03. The first-order valence-electron chi connectivity index (χ1n) is 10.1. The fraction of sp³-hybridized carbons (Fsp3) is 0.304. The van der Waals surface area contributed by atoms with Crippen LogP contribution in [0.2, 0.25) is 0 Å². The van der Waals surface area contributed by atoms with E-state index >= 15 is 0 Å². The van der Waals surface area contributed by atoms with Crippen LogP contribution in [0.5, 0.6) is 11.5 Å². The first-order valence-corrected chi connectivity index (χ1v) is 10.1. The van der Waals surface area contributed by atoms with Crippen molar-refractivity contribution in [3.8, 4) is 11.5 Å². The van der Waals surface area contributed by atoms with E-state index in [4.69, 9.17) is 18.6 Å². The molecule has 3 heterocycles. The zero-order valence-electron chi connectivity index (χ0n) is 17.5. The number of hydrogen-bond acceptors (Lipinski definition) is 6. The van der Waals surface area contributed by atoms with Crippen molar-refractivity contribution in [3.63, 3.8) is 0 Å². The number of furan rings is 1. The molecule has 0 bridgehead atoms. The molecule has 0 unspecified atom stereocenters. The van der Waals surface area contributed by atoms with Crippen LogP contribution in [0.25, 0.3) is 0 Å². The summed E-state index contributed by atoms with van der Waals surface area (Å²) in [4.78, 5) is 24.8. The molecule has 0 atom stereocenters. The van der Waals surface area contributed by atoms with E-state index in [9.17, 15) is 9.59 Å². The number of carbonyl (C=O) groups excluding carboxylic acids is 2. The number of nitrogens with zero attached hydrogens (tertiary/aromatic N) is 1. The summed E-state index contributed by atoms with van der Waals surface area (Å²) < 4.78 is 23.8. The number of anilines is 1. The van der Waals surface area contributed by atoms with Gasteiger partial charge >= 0.3 is 5.97 Å². The van der Waals surface area contributed by atoms with Gasteiger partial charge in [-0.15, -0.1) is 0 Å². The molecule has 1 aliphatic heterocycles. The lowest BCUT2D eigenvalue weighted by Gasteiger charge is -2.11. The molecule has 1 aliphatic rings. The number of carbonyl (C=O) groups is 2. The number of ether oxygens (including phenoxy) is 3. The molecule has 0 saturated heterocycles. The average molecular weight is 424 g/mol. The van der Waals surface area contributed by atoms with Gasteiger partial charge in [-0.3, -0.25) is 4.79 Å². The number of hydrogen-bond donors (Lipinski definition) is 1. The van der Waals surface area contributed by atoms with Gasteiger partial charge in [-0.2, -0.15) is 0 Å². The molecule has 2 aromatic heterocycles. The van der Waals surface area contributed by atoms with Gasteiger partial charge in [0.1, 0.15) is 5.76 Å². The maximum atomic E-state index is 12.5. The number of aryl methyl sites for hydroxylation is 1. The smallest absolute Gasteiger partial charge is 0.340 e. The van der Waals surface area contributed by atoms with Gasteiger partial charge in [-0.25, -0.2) is 4.79 Å². The van der Waals surface area contributed by atoms with Crippen LogP contribution in [0.1, 0.15) is 33.9 Å². The third-order valence-corrected chi connectivity index (χ3v) is 5.05. The number of benzene rings is 1. The molecule has 1 amide bonds. The Labute approximate surface area is 179 Å². The highest BCUT2D eigenvalue weighted by atomic mass is 16.5. The van der Waals surface area contributed by atoms with Crippen molar-refractivity contribution in [2.45, 2.75) is 26.8 Å². The van der Waals surface area contributed by atoms with E-state index in [-0.39, 0.29) is 0 Å². The molecule has 3 aromatic rings. The minimum Gasteiger partial charge on any atom is -0.490 e. The monoisotopic (exact) mass is 424 g/mol. The lowest BCUT2D eigenvalue weighted by Crippen LogP contribution is -2.21. The van der Waals surface area contributed by atoms with Gasteiger partial charge in [-0.05, 0) is 44.2 Å². The van der Waals surface area contributed by atoms with Gasteiger partial charge in [0.25, 0.3) is 5.91 Å². The second kappa shape index (κ2) is 8.99. The molecule has 4 rings (SSSR count). The molecule has 31 heavy (non-hydrogen) atoms. The van der Waals surface area contributed by atoms with E-state index in [0.29, 0.717) is 42.5 Å². The Morgan fingerprint density at radius 1 is 1.10 bits per heavy atom. The van der Waals surface area contributed by atoms with Crippen LogP contribution in [0, 0.1) is 13.8 Å². The van der Waals surface area contributed by atoms with Crippen molar-refractivity contribution in [2.75, 3.05) is 25.1 Å². The molecule has 8 heteroatoms. The minimum atomic E-state index is -0.549. The molecule has 0 spiro atoms. The average Bonchev–Trinajstić information content (AvgIpc) is 3.28. The van der Waals surface area contributed by atoms with E-state index in [1.165, 1.54) is 0 Å². The van der Waals surface area contributed by atoms with Crippen molar-refractivity contribution in [3.05, 3.63) is 65.4 Å². The highest BCUT2D eigenvalue weighted by molar-refractivity contribution is 5.96. The Bertz CT molecular complexity index is 1080. The topological polar surface area (TPSA) is 91.9 Å². The van der Waals surface area contributed by atoms with Gasteiger partial charge in [0.05, 0.1) is 31.6 Å². The Balaban J connectivity index is 1.35. The maximum absolute atomic E-state index is 12.5. The van der Waals surface area contributed by atoms with Crippen LogP contribution < -0.4 is 14.8 Å². The first-order chi connectivity index (χ1) is 15.0. The SMILES string of the molecule is Cc1cc(C(=O)OCC(=O)Nc2ccc3c(c2)OCCCO3)c(C)n1Cc1ccco1. The Hall–Kier alpha value is -3.68. The van der Waals surface area contributed by atoms with Gasteiger partial charge in [0.15, 0.2) is 18.1 Å². The van der Waals surface area contributed by atoms with Crippen molar-refractivity contribution < 1.29 is 28.2 Å². The minimum absolute atomic E-state index is 0.394. The molecule has 162 valence electrons. The number of amides is 1. The number of fused-ring (bicyclic) bond motifs is 1. The largest absolute Gasteiger partial charge is 0.490 e. The molecular weight excluding hydrogens is 400 g/mol. The Kier molecular flexibility index (Phi) is 5.97. The number of nitrogens with one attached hydrogen (secondary N) is 1. The van der Waals surface area contributed by atoms with Crippen LogP contribution in [0.15, 0.2) is 47.1 Å². The van der Waals surface area contributed by atoms with Crippen LogP contribution >= 0.6 is 0 Å². The summed E-state index contributed by atoms with van der Waals surface area (Å²) in [6.07, 6.45) is 2.41. The van der Waals surface area contributed by atoms with E-state index in [1.807, 2.05) is 30.5 Å². The number of esters is 1. The van der Waals surface area contributed by atoms with Crippen LogP contribution in [0.4, 0.5) is 5.69 Å².